The second-order valence-corrected chi connectivity index (χ2v) is 9.27. The molecule has 1 aliphatic heterocycles. The Morgan fingerprint density at radius 2 is 2.03 bits per heavy atom. The first-order valence-corrected chi connectivity index (χ1v) is 12.4. The lowest BCUT2D eigenvalue weighted by atomic mass is 9.99. The quantitative estimate of drug-likeness (QED) is 0.382. The van der Waals surface area contributed by atoms with Gasteiger partial charge in [-0.15, -0.1) is 0 Å². The van der Waals surface area contributed by atoms with Crippen LogP contribution in [0.3, 0.4) is 0 Å². The number of unbranched alkanes of at least 4 members (excludes halogenated alkanes) is 2. The molecule has 8 nitrogen and oxygen atoms in total. The van der Waals surface area contributed by atoms with Crippen molar-refractivity contribution in [2.75, 3.05) is 27.2 Å². The summed E-state index contributed by atoms with van der Waals surface area (Å²) in [5, 5.41) is 4.13. The van der Waals surface area contributed by atoms with Crippen LogP contribution in [0.4, 0.5) is 0 Å². The van der Waals surface area contributed by atoms with Crippen LogP contribution >= 0.6 is 0 Å². The van der Waals surface area contributed by atoms with Crippen LogP contribution in [0.2, 0.25) is 0 Å². The lowest BCUT2D eigenvalue weighted by Gasteiger charge is -2.35. The first-order valence-electron chi connectivity index (χ1n) is 12.4. The molecule has 1 N–H and O–H groups in total. The maximum Gasteiger partial charge on any atom is 0.226 e. The summed E-state index contributed by atoms with van der Waals surface area (Å²) in [5.74, 6) is 1.79. The number of ether oxygens (including phenoxy) is 1. The van der Waals surface area contributed by atoms with Gasteiger partial charge in [0.2, 0.25) is 17.7 Å². The zero-order valence-electron chi connectivity index (χ0n) is 20.8. The highest BCUT2D eigenvalue weighted by Gasteiger charge is 2.32. The number of rotatable bonds is 12. The van der Waals surface area contributed by atoms with Gasteiger partial charge in [-0.25, -0.2) is 9.97 Å². The monoisotopic (exact) mass is 478 g/mol. The fourth-order valence-electron chi connectivity index (χ4n) is 4.44. The van der Waals surface area contributed by atoms with Crippen molar-refractivity contribution < 1.29 is 18.7 Å². The van der Waals surface area contributed by atoms with E-state index in [9.17, 15) is 9.59 Å². The molecule has 8 heteroatoms. The highest BCUT2D eigenvalue weighted by atomic mass is 16.5. The summed E-state index contributed by atoms with van der Waals surface area (Å²) in [4.78, 5) is 35.6. The standard InChI is InChI=1S/C27H34N4O4/c1-4-20(32)11-6-5-7-13-23(29-25(33)19-16-31(2)17-19)27-28-15-24(35-27)21-14-18-10-8-9-12-22(18)30-26(21)34-3/h8-10,12,14-15,19,23H,4-7,11,13,16-17H2,1-3H3,(H,29,33)/t23-/m1/s1. The number of nitrogens with one attached hydrogen (secondary N) is 1. The number of benzene rings is 1. The zero-order valence-corrected chi connectivity index (χ0v) is 20.8. The number of methoxy groups -OCH3 is 1. The Morgan fingerprint density at radius 3 is 2.77 bits per heavy atom. The summed E-state index contributed by atoms with van der Waals surface area (Å²) in [6.07, 6.45) is 6.20. The molecule has 4 rings (SSSR count). The minimum absolute atomic E-state index is 0.0103. The van der Waals surface area contributed by atoms with Crippen molar-refractivity contribution in [3.63, 3.8) is 0 Å². The molecule has 1 fully saturated rings. The van der Waals surface area contributed by atoms with Crippen molar-refractivity contribution in [3.05, 3.63) is 42.4 Å². The Bertz CT molecular complexity index is 1170. The van der Waals surface area contributed by atoms with Gasteiger partial charge >= 0.3 is 0 Å². The smallest absolute Gasteiger partial charge is 0.226 e. The Morgan fingerprint density at radius 1 is 1.23 bits per heavy atom. The Balaban J connectivity index is 1.51. The van der Waals surface area contributed by atoms with E-state index in [4.69, 9.17) is 9.15 Å². The molecule has 0 unspecified atom stereocenters. The molecule has 3 aromatic rings. The topological polar surface area (TPSA) is 97.6 Å². The maximum atomic E-state index is 12.8. The summed E-state index contributed by atoms with van der Waals surface area (Å²) in [6.45, 7) is 3.41. The minimum Gasteiger partial charge on any atom is -0.480 e. The van der Waals surface area contributed by atoms with E-state index in [-0.39, 0.29) is 17.9 Å². The normalized spacial score (nSPS) is 15.1. The van der Waals surface area contributed by atoms with E-state index in [1.165, 1.54) is 0 Å². The van der Waals surface area contributed by atoms with Crippen molar-refractivity contribution in [2.45, 2.75) is 51.5 Å². The molecule has 0 bridgehead atoms. The lowest BCUT2D eigenvalue weighted by Crippen LogP contribution is -2.52. The van der Waals surface area contributed by atoms with Gasteiger partial charge in [0.15, 0.2) is 5.76 Å². The fourth-order valence-corrected chi connectivity index (χ4v) is 4.44. The Hall–Kier alpha value is -3.26. The molecule has 1 atom stereocenters. The van der Waals surface area contributed by atoms with Gasteiger partial charge in [0.1, 0.15) is 11.8 Å². The van der Waals surface area contributed by atoms with Crippen LogP contribution in [0.15, 0.2) is 40.9 Å². The third-order valence-electron chi connectivity index (χ3n) is 6.56. The molecular formula is C27H34N4O4. The molecule has 0 saturated carbocycles. The predicted octanol–water partition coefficient (Wildman–Crippen LogP) is 4.55. The molecule has 0 aliphatic carbocycles. The maximum absolute atomic E-state index is 12.8. The summed E-state index contributed by atoms with van der Waals surface area (Å²) in [7, 11) is 3.59. The number of hydrogen-bond donors (Lipinski definition) is 1. The van der Waals surface area contributed by atoms with Crippen LogP contribution in [-0.2, 0) is 9.59 Å². The number of pyridine rings is 1. The van der Waals surface area contributed by atoms with Crippen molar-refractivity contribution >= 4 is 22.6 Å². The van der Waals surface area contributed by atoms with Crippen LogP contribution in [-0.4, -0.2) is 53.8 Å². The van der Waals surface area contributed by atoms with Crippen molar-refractivity contribution in [1.82, 2.24) is 20.2 Å². The van der Waals surface area contributed by atoms with Crippen LogP contribution in [0, 0.1) is 5.92 Å². The van der Waals surface area contributed by atoms with E-state index < -0.39 is 0 Å². The average molecular weight is 479 g/mol. The molecule has 3 heterocycles. The largest absolute Gasteiger partial charge is 0.480 e. The third-order valence-corrected chi connectivity index (χ3v) is 6.56. The summed E-state index contributed by atoms with van der Waals surface area (Å²) >= 11 is 0. The predicted molar refractivity (Wildman–Crippen MR) is 134 cm³/mol. The third kappa shape index (κ3) is 6.06. The molecule has 2 aromatic heterocycles. The number of hydrogen-bond acceptors (Lipinski definition) is 7. The molecular weight excluding hydrogens is 444 g/mol. The van der Waals surface area contributed by atoms with E-state index >= 15 is 0 Å². The number of amides is 1. The number of nitrogens with zero attached hydrogens (tertiary/aromatic N) is 3. The SMILES string of the molecule is CCC(=O)CCCCC[C@@H](NC(=O)C1CN(C)C1)c1ncc(-c2cc3ccccc3nc2OC)o1. The van der Waals surface area contributed by atoms with Crippen LogP contribution in [0.1, 0.15) is 57.4 Å². The van der Waals surface area contributed by atoms with Gasteiger partial charge in [-0.3, -0.25) is 9.59 Å². The Labute approximate surface area is 206 Å². The number of aromatic nitrogens is 2. The second kappa shape index (κ2) is 11.4. The molecule has 0 spiro atoms. The van der Waals surface area contributed by atoms with Gasteiger partial charge in [0, 0.05) is 31.3 Å². The number of carbonyl (C=O) groups is 2. The van der Waals surface area contributed by atoms with E-state index in [0.29, 0.717) is 48.1 Å². The zero-order chi connectivity index (χ0) is 24.8. The highest BCUT2D eigenvalue weighted by Crippen LogP contribution is 2.33. The number of Topliss-reactive ketones (excluding diaryl/α,β-unsaturated/α-hetero) is 1. The number of para-hydroxylation sites is 1. The second-order valence-electron chi connectivity index (χ2n) is 9.27. The molecule has 0 radical (unpaired) electrons. The van der Waals surface area contributed by atoms with E-state index in [1.807, 2.05) is 44.3 Å². The molecule has 1 saturated heterocycles. The van der Waals surface area contributed by atoms with Crippen molar-refractivity contribution in [3.8, 4) is 17.2 Å². The van der Waals surface area contributed by atoms with Gasteiger partial charge in [0.25, 0.3) is 0 Å². The molecule has 1 aliphatic rings. The number of likely N-dealkylation sites (tertiary alicyclic amines) is 1. The summed E-state index contributed by atoms with van der Waals surface area (Å²) in [5.41, 5.74) is 1.55. The van der Waals surface area contributed by atoms with Gasteiger partial charge < -0.3 is 19.4 Å². The summed E-state index contributed by atoms with van der Waals surface area (Å²) in [6, 6.07) is 9.47. The van der Waals surface area contributed by atoms with Crippen LogP contribution < -0.4 is 10.1 Å². The average Bonchev–Trinajstić information content (AvgIpc) is 3.34. The van der Waals surface area contributed by atoms with Gasteiger partial charge in [0.05, 0.1) is 30.3 Å². The fraction of sp³-hybridized carbons (Fsp3) is 0.481. The van der Waals surface area contributed by atoms with Crippen molar-refractivity contribution in [1.29, 1.82) is 0 Å². The van der Waals surface area contributed by atoms with Gasteiger partial charge in [-0.1, -0.05) is 38.0 Å². The molecule has 1 amide bonds. The number of ketones is 1. The number of fused-ring (bicyclic) bond motifs is 1. The van der Waals surface area contributed by atoms with E-state index in [2.05, 4.69) is 20.2 Å². The van der Waals surface area contributed by atoms with Crippen LogP contribution in [0.25, 0.3) is 22.2 Å². The lowest BCUT2D eigenvalue weighted by molar-refractivity contribution is -0.130. The van der Waals surface area contributed by atoms with Crippen LogP contribution in [0.5, 0.6) is 5.88 Å². The number of carbonyl (C=O) groups excluding carboxylic acids is 2. The highest BCUT2D eigenvalue weighted by molar-refractivity contribution is 5.85. The van der Waals surface area contributed by atoms with Crippen molar-refractivity contribution in [2.24, 2.45) is 5.92 Å². The first kappa shape index (κ1) is 24.9. The minimum atomic E-state index is -0.330. The number of oxazole rings is 1. The van der Waals surface area contributed by atoms with E-state index in [0.717, 1.165) is 43.3 Å². The molecule has 35 heavy (non-hydrogen) atoms. The molecule has 1 aromatic carbocycles. The Kier molecular flexibility index (Phi) is 8.13. The van der Waals surface area contributed by atoms with E-state index in [1.54, 1.807) is 13.3 Å². The molecule has 186 valence electrons. The van der Waals surface area contributed by atoms with Gasteiger partial charge in [-0.2, -0.15) is 0 Å². The summed E-state index contributed by atoms with van der Waals surface area (Å²) < 4.78 is 11.7. The first-order chi connectivity index (χ1) is 17.0. The van der Waals surface area contributed by atoms with Gasteiger partial charge in [-0.05, 0) is 32.0 Å².